The van der Waals surface area contributed by atoms with E-state index in [0.717, 1.165) is 6.42 Å². The van der Waals surface area contributed by atoms with Gasteiger partial charge in [0, 0.05) is 13.1 Å². The average molecular weight is 244 g/mol. The average Bonchev–Trinajstić information content (AvgIpc) is 2.00. The molecule has 68 valence electrons. The van der Waals surface area contributed by atoms with Gasteiger partial charge >= 0.3 is 0 Å². The first-order chi connectivity index (χ1) is 5.08. The van der Waals surface area contributed by atoms with Gasteiger partial charge < -0.3 is 0 Å². The van der Waals surface area contributed by atoms with Gasteiger partial charge in [0.2, 0.25) is 10.0 Å². The van der Waals surface area contributed by atoms with E-state index in [9.17, 15) is 8.42 Å². The molecule has 0 radical (unpaired) electrons. The minimum atomic E-state index is -3.02. The fraction of sp³-hybridized carbons (Fsp3) is 1.00. The molecule has 0 amide bonds. The van der Waals surface area contributed by atoms with Gasteiger partial charge in [0.05, 0.1) is 0 Å². The summed E-state index contributed by atoms with van der Waals surface area (Å²) >= 11 is 2.95. The Hall–Kier alpha value is 0.390. The highest BCUT2D eigenvalue weighted by atomic mass is 79.9. The molecule has 0 aromatic rings. The van der Waals surface area contributed by atoms with Crippen molar-refractivity contribution in [3.8, 4) is 0 Å². The number of halogens is 1. The molecule has 0 bridgehead atoms. The summed E-state index contributed by atoms with van der Waals surface area (Å²) in [7, 11) is -3.02. The van der Waals surface area contributed by atoms with Crippen LogP contribution in [-0.2, 0) is 10.0 Å². The molecule has 0 aliphatic heterocycles. The summed E-state index contributed by atoms with van der Waals surface area (Å²) in [5.74, 6) is 0. The molecule has 0 spiro atoms. The monoisotopic (exact) mass is 243 g/mol. The summed E-state index contributed by atoms with van der Waals surface area (Å²) in [6, 6.07) is 0. The molecule has 0 aromatic carbocycles. The Kier molecular flexibility index (Phi) is 5.29. The van der Waals surface area contributed by atoms with E-state index in [0.29, 0.717) is 13.1 Å². The van der Waals surface area contributed by atoms with Crippen LogP contribution < -0.4 is 0 Å². The molecule has 0 N–H and O–H groups in total. The molecule has 11 heavy (non-hydrogen) atoms. The van der Waals surface area contributed by atoms with E-state index in [1.807, 2.05) is 13.8 Å². The maximum atomic E-state index is 11.2. The number of hydrogen-bond donors (Lipinski definition) is 0. The summed E-state index contributed by atoms with van der Waals surface area (Å²) in [5.41, 5.74) is 0. The lowest BCUT2D eigenvalue weighted by Crippen LogP contribution is -2.32. The smallest absolute Gasteiger partial charge is 0.211 e. The van der Waals surface area contributed by atoms with Gasteiger partial charge in [-0.1, -0.05) is 29.8 Å². The van der Waals surface area contributed by atoms with E-state index in [2.05, 4.69) is 15.9 Å². The normalized spacial score (nSPS) is 12.4. The lowest BCUT2D eigenvalue weighted by Gasteiger charge is -2.17. The minimum Gasteiger partial charge on any atom is -0.211 e. The van der Waals surface area contributed by atoms with Crippen LogP contribution in [0.5, 0.6) is 0 Å². The van der Waals surface area contributed by atoms with Gasteiger partial charge in [-0.05, 0) is 6.42 Å². The zero-order valence-corrected chi connectivity index (χ0v) is 9.28. The van der Waals surface area contributed by atoms with Gasteiger partial charge in [-0.25, -0.2) is 12.7 Å². The zero-order chi connectivity index (χ0) is 8.91. The van der Waals surface area contributed by atoms with E-state index in [-0.39, 0.29) is 4.66 Å². The quantitative estimate of drug-likeness (QED) is 0.685. The van der Waals surface area contributed by atoms with Crippen molar-refractivity contribution in [1.29, 1.82) is 0 Å². The van der Waals surface area contributed by atoms with E-state index in [1.165, 1.54) is 4.31 Å². The SMILES string of the molecule is CCCN(CC)S(=O)(=O)CBr. The molecule has 5 heteroatoms. The van der Waals surface area contributed by atoms with Crippen LogP contribution in [0.25, 0.3) is 0 Å². The Morgan fingerprint density at radius 2 is 1.91 bits per heavy atom. The van der Waals surface area contributed by atoms with Crippen LogP contribution >= 0.6 is 15.9 Å². The van der Waals surface area contributed by atoms with Gasteiger partial charge in [-0.3, -0.25) is 0 Å². The second-order valence-corrected chi connectivity index (χ2v) is 5.48. The third kappa shape index (κ3) is 3.53. The first kappa shape index (κ1) is 11.4. The van der Waals surface area contributed by atoms with Crippen molar-refractivity contribution < 1.29 is 8.42 Å². The number of alkyl halides is 1. The Balaban J connectivity index is 4.25. The van der Waals surface area contributed by atoms with E-state index >= 15 is 0 Å². The Morgan fingerprint density at radius 3 is 2.18 bits per heavy atom. The van der Waals surface area contributed by atoms with Crippen molar-refractivity contribution in [3.63, 3.8) is 0 Å². The highest BCUT2D eigenvalue weighted by molar-refractivity contribution is 9.10. The standard InChI is InChI=1S/C6H14BrNO2S/c1-3-5-8(4-2)11(9,10)6-7/h3-6H2,1-2H3. The fourth-order valence-electron chi connectivity index (χ4n) is 0.812. The van der Waals surface area contributed by atoms with Crippen LogP contribution in [0.2, 0.25) is 0 Å². The topological polar surface area (TPSA) is 37.4 Å². The number of hydrogen-bond acceptors (Lipinski definition) is 2. The number of nitrogens with zero attached hydrogens (tertiary/aromatic N) is 1. The molecule has 0 saturated heterocycles. The molecule has 0 atom stereocenters. The summed E-state index contributed by atoms with van der Waals surface area (Å²) in [6.07, 6.45) is 0.861. The highest BCUT2D eigenvalue weighted by Crippen LogP contribution is 2.04. The van der Waals surface area contributed by atoms with Crippen LogP contribution in [-0.4, -0.2) is 30.5 Å². The van der Waals surface area contributed by atoms with Crippen molar-refractivity contribution in [2.24, 2.45) is 0 Å². The third-order valence-electron chi connectivity index (χ3n) is 1.36. The van der Waals surface area contributed by atoms with E-state index in [4.69, 9.17) is 0 Å². The van der Waals surface area contributed by atoms with Crippen LogP contribution in [0.3, 0.4) is 0 Å². The predicted molar refractivity (Wildman–Crippen MR) is 50.3 cm³/mol. The highest BCUT2D eigenvalue weighted by Gasteiger charge is 2.16. The summed E-state index contributed by atoms with van der Waals surface area (Å²) in [6.45, 7) is 4.98. The molecule has 0 aliphatic carbocycles. The first-order valence-corrected chi connectivity index (χ1v) is 6.35. The lowest BCUT2D eigenvalue weighted by atomic mass is 10.5. The second-order valence-electron chi connectivity index (χ2n) is 2.21. The van der Waals surface area contributed by atoms with Gasteiger partial charge in [-0.15, -0.1) is 0 Å². The minimum absolute atomic E-state index is 0.0217. The molecular formula is C6H14BrNO2S. The Labute approximate surface area is 77.0 Å². The zero-order valence-electron chi connectivity index (χ0n) is 6.88. The number of rotatable bonds is 5. The molecule has 0 aromatic heterocycles. The molecule has 0 fully saturated rings. The predicted octanol–water partition coefficient (Wildman–Crippen LogP) is 1.40. The van der Waals surface area contributed by atoms with E-state index in [1.54, 1.807) is 0 Å². The van der Waals surface area contributed by atoms with Crippen molar-refractivity contribution in [1.82, 2.24) is 4.31 Å². The summed E-state index contributed by atoms with van der Waals surface area (Å²) in [4.78, 5) is 0. The maximum Gasteiger partial charge on any atom is 0.224 e. The molecule has 3 nitrogen and oxygen atoms in total. The molecule has 0 heterocycles. The fourth-order valence-corrected chi connectivity index (χ4v) is 2.67. The summed E-state index contributed by atoms with van der Waals surface area (Å²) < 4.78 is 23.9. The van der Waals surface area contributed by atoms with Crippen LogP contribution in [0.15, 0.2) is 0 Å². The van der Waals surface area contributed by atoms with Crippen molar-refractivity contribution >= 4 is 26.0 Å². The van der Waals surface area contributed by atoms with E-state index < -0.39 is 10.0 Å². The van der Waals surface area contributed by atoms with Crippen LogP contribution in [0.1, 0.15) is 20.3 Å². The van der Waals surface area contributed by atoms with Crippen LogP contribution in [0, 0.1) is 0 Å². The first-order valence-electron chi connectivity index (χ1n) is 3.62. The van der Waals surface area contributed by atoms with Crippen molar-refractivity contribution in [2.75, 3.05) is 17.8 Å². The van der Waals surface area contributed by atoms with Crippen molar-refractivity contribution in [3.05, 3.63) is 0 Å². The Bertz CT molecular complexity index is 191. The molecule has 0 unspecified atom stereocenters. The third-order valence-corrected chi connectivity index (χ3v) is 4.60. The molecule has 0 aliphatic rings. The number of sulfonamides is 1. The largest absolute Gasteiger partial charge is 0.224 e. The van der Waals surface area contributed by atoms with Crippen molar-refractivity contribution in [2.45, 2.75) is 20.3 Å². The lowest BCUT2D eigenvalue weighted by molar-refractivity contribution is 0.431. The van der Waals surface area contributed by atoms with Gasteiger partial charge in [0.1, 0.15) is 4.66 Å². The van der Waals surface area contributed by atoms with Gasteiger partial charge in [-0.2, -0.15) is 0 Å². The maximum absolute atomic E-state index is 11.2. The molecule has 0 rings (SSSR count). The Morgan fingerprint density at radius 1 is 1.36 bits per heavy atom. The van der Waals surface area contributed by atoms with Gasteiger partial charge in [0.25, 0.3) is 0 Å². The van der Waals surface area contributed by atoms with Crippen LogP contribution in [0.4, 0.5) is 0 Å². The molecular weight excluding hydrogens is 230 g/mol. The second kappa shape index (κ2) is 5.11. The molecule has 0 saturated carbocycles. The summed E-state index contributed by atoms with van der Waals surface area (Å²) in [5, 5.41) is 0. The van der Waals surface area contributed by atoms with Gasteiger partial charge in [0.15, 0.2) is 0 Å².